The Bertz CT molecular complexity index is 382. The molecule has 1 unspecified atom stereocenters. The number of amides is 1. The number of carbonyl (C=O) groups is 1. The molecule has 5 nitrogen and oxygen atoms in total. The summed E-state index contributed by atoms with van der Waals surface area (Å²) < 4.78 is 20.4. The lowest BCUT2D eigenvalue weighted by Gasteiger charge is -2.16. The molecule has 0 saturated heterocycles. The second kappa shape index (κ2) is 7.16. The second-order valence-corrected chi connectivity index (χ2v) is 4.04. The molecule has 1 atom stereocenters. The average Bonchev–Trinajstić information content (AvgIpc) is 2.36. The van der Waals surface area contributed by atoms with Gasteiger partial charge in [0.25, 0.3) is 5.91 Å². The molecule has 0 aromatic heterocycles. The van der Waals surface area contributed by atoms with Crippen LogP contribution in [0.4, 0.5) is 5.69 Å². The van der Waals surface area contributed by atoms with Crippen molar-refractivity contribution in [3.63, 3.8) is 0 Å². The van der Waals surface area contributed by atoms with E-state index < -0.39 is 11.4 Å². The van der Waals surface area contributed by atoms with E-state index in [1.165, 1.54) is 4.90 Å². The highest BCUT2D eigenvalue weighted by atomic mass is 32.2. The van der Waals surface area contributed by atoms with E-state index in [1.807, 2.05) is 18.2 Å². The van der Waals surface area contributed by atoms with Gasteiger partial charge in [-0.15, -0.1) is 0 Å². The molecule has 6 heteroatoms. The first-order chi connectivity index (χ1) is 8.15. The summed E-state index contributed by atoms with van der Waals surface area (Å²) in [6.45, 7) is 1.69. The van der Waals surface area contributed by atoms with Crippen molar-refractivity contribution >= 4 is 23.0 Å². The van der Waals surface area contributed by atoms with E-state index in [4.69, 9.17) is 4.18 Å². The van der Waals surface area contributed by atoms with Gasteiger partial charge in [-0.1, -0.05) is 18.2 Å². The minimum absolute atomic E-state index is 0.273. The van der Waals surface area contributed by atoms with Crippen molar-refractivity contribution in [1.82, 2.24) is 0 Å². The first-order valence-electron chi connectivity index (χ1n) is 5.15. The van der Waals surface area contributed by atoms with Crippen LogP contribution >= 0.6 is 0 Å². The van der Waals surface area contributed by atoms with Gasteiger partial charge in [0.15, 0.2) is 0 Å². The molecular formula is C11H15NO4S. The lowest BCUT2D eigenvalue weighted by molar-refractivity contribution is -0.120. The zero-order chi connectivity index (χ0) is 12.7. The zero-order valence-corrected chi connectivity index (χ0v) is 10.6. The number of benzene rings is 1. The lowest BCUT2D eigenvalue weighted by atomic mass is 10.3. The summed E-state index contributed by atoms with van der Waals surface area (Å²) in [6, 6.07) is 9.13. The molecule has 0 bridgehead atoms. The number of nitrogens with zero attached hydrogens (tertiary/aromatic N) is 1. The van der Waals surface area contributed by atoms with Crippen LogP contribution < -0.4 is 4.90 Å². The van der Waals surface area contributed by atoms with Crippen LogP contribution in [-0.4, -0.2) is 30.4 Å². The number of rotatable bonds is 6. The summed E-state index contributed by atoms with van der Waals surface area (Å²) in [5.74, 6) is -0.288. The first kappa shape index (κ1) is 13.8. The molecule has 0 fully saturated rings. The topological polar surface area (TPSA) is 55.8 Å². The summed E-state index contributed by atoms with van der Waals surface area (Å²) in [6.07, 6.45) is 0. The maximum Gasteiger partial charge on any atom is 0.305 e. The predicted molar refractivity (Wildman–Crippen MR) is 65.6 cm³/mol. The molecule has 0 aliphatic heterocycles. The average molecular weight is 257 g/mol. The molecule has 0 spiro atoms. The normalized spacial score (nSPS) is 12.1. The van der Waals surface area contributed by atoms with Crippen LogP contribution in [0.15, 0.2) is 30.3 Å². The third-order valence-corrected chi connectivity index (χ3v) is 2.75. The van der Waals surface area contributed by atoms with Crippen molar-refractivity contribution in [2.75, 3.05) is 25.2 Å². The summed E-state index contributed by atoms with van der Waals surface area (Å²) >= 11 is -1.86. The van der Waals surface area contributed by atoms with E-state index in [9.17, 15) is 9.00 Å². The highest BCUT2D eigenvalue weighted by molar-refractivity contribution is 7.75. The fourth-order valence-corrected chi connectivity index (χ4v) is 1.58. The largest absolute Gasteiger partial charge is 0.313 e. The fourth-order valence-electron chi connectivity index (χ4n) is 1.12. The van der Waals surface area contributed by atoms with E-state index in [1.54, 1.807) is 26.1 Å². The zero-order valence-electron chi connectivity index (χ0n) is 9.79. The van der Waals surface area contributed by atoms with Gasteiger partial charge in [-0.2, -0.15) is 4.21 Å². The van der Waals surface area contributed by atoms with Gasteiger partial charge < -0.3 is 4.90 Å². The molecule has 1 aromatic carbocycles. The number of carbonyl (C=O) groups excluding carboxylic acids is 1. The van der Waals surface area contributed by atoms with Gasteiger partial charge in [0.2, 0.25) is 0 Å². The Labute approximate surface area is 103 Å². The molecule has 0 aliphatic carbocycles. The van der Waals surface area contributed by atoms with E-state index in [-0.39, 0.29) is 19.1 Å². The number of hydrogen-bond donors (Lipinski definition) is 0. The summed E-state index contributed by atoms with van der Waals surface area (Å²) in [5.41, 5.74) is 0.753. The minimum Gasteiger partial charge on any atom is -0.313 e. The number of hydrogen-bond acceptors (Lipinski definition) is 4. The minimum atomic E-state index is -1.86. The molecule has 0 aliphatic rings. The lowest BCUT2D eigenvalue weighted by Crippen LogP contribution is -2.30. The Morgan fingerprint density at radius 3 is 2.53 bits per heavy atom. The molecule has 0 radical (unpaired) electrons. The molecular weight excluding hydrogens is 242 g/mol. The van der Waals surface area contributed by atoms with Crippen molar-refractivity contribution < 1.29 is 17.4 Å². The van der Waals surface area contributed by atoms with Crippen LogP contribution in [0, 0.1) is 0 Å². The van der Waals surface area contributed by atoms with Crippen LogP contribution in [0.2, 0.25) is 0 Å². The Morgan fingerprint density at radius 2 is 1.94 bits per heavy atom. The maximum absolute atomic E-state index is 11.7. The molecule has 1 amide bonds. The highest BCUT2D eigenvalue weighted by Gasteiger charge is 2.12. The van der Waals surface area contributed by atoms with Gasteiger partial charge in [0.1, 0.15) is 6.61 Å². The molecule has 0 heterocycles. The highest BCUT2D eigenvalue weighted by Crippen LogP contribution is 2.11. The third kappa shape index (κ3) is 4.64. The van der Waals surface area contributed by atoms with E-state index in [0.29, 0.717) is 0 Å². The van der Waals surface area contributed by atoms with Crippen LogP contribution in [-0.2, 0) is 24.5 Å². The number of para-hydroxylation sites is 1. The Kier molecular flexibility index (Phi) is 5.82. The third-order valence-electron chi connectivity index (χ3n) is 2.01. The smallest absolute Gasteiger partial charge is 0.305 e. The van der Waals surface area contributed by atoms with Crippen molar-refractivity contribution in [3.8, 4) is 0 Å². The van der Waals surface area contributed by atoms with Crippen LogP contribution in [0.3, 0.4) is 0 Å². The number of likely N-dealkylation sites (N-methyl/N-ethyl adjacent to an activating group) is 1. The van der Waals surface area contributed by atoms with E-state index in [2.05, 4.69) is 4.18 Å². The van der Waals surface area contributed by atoms with Crippen LogP contribution in [0.25, 0.3) is 0 Å². The molecule has 94 valence electrons. The quantitative estimate of drug-likeness (QED) is 0.770. The number of anilines is 1. The van der Waals surface area contributed by atoms with E-state index in [0.717, 1.165) is 5.69 Å². The van der Waals surface area contributed by atoms with Gasteiger partial charge >= 0.3 is 11.4 Å². The van der Waals surface area contributed by atoms with Gasteiger partial charge in [-0.05, 0) is 19.1 Å². The van der Waals surface area contributed by atoms with Crippen molar-refractivity contribution in [3.05, 3.63) is 30.3 Å². The second-order valence-electron chi connectivity index (χ2n) is 3.16. The molecule has 0 saturated carbocycles. The van der Waals surface area contributed by atoms with Crippen LogP contribution in [0.1, 0.15) is 6.92 Å². The maximum atomic E-state index is 11.7. The van der Waals surface area contributed by atoms with Crippen molar-refractivity contribution in [2.24, 2.45) is 0 Å². The van der Waals surface area contributed by atoms with Crippen molar-refractivity contribution in [1.29, 1.82) is 0 Å². The monoisotopic (exact) mass is 257 g/mol. The molecule has 1 aromatic rings. The van der Waals surface area contributed by atoms with Gasteiger partial charge in [0.05, 0.1) is 6.61 Å². The van der Waals surface area contributed by atoms with Gasteiger partial charge in [-0.25, -0.2) is 0 Å². The SMILES string of the molecule is CCOS(=O)OCC(=O)N(C)c1ccccc1. The summed E-state index contributed by atoms with van der Waals surface area (Å²) in [4.78, 5) is 13.1. The van der Waals surface area contributed by atoms with Gasteiger partial charge in [0, 0.05) is 12.7 Å². The molecule has 17 heavy (non-hydrogen) atoms. The van der Waals surface area contributed by atoms with Crippen molar-refractivity contribution in [2.45, 2.75) is 6.92 Å². The Balaban J connectivity index is 2.45. The Morgan fingerprint density at radius 1 is 1.29 bits per heavy atom. The Hall–Kier alpha value is -1.24. The standard InChI is InChI=1S/C11H15NO4S/c1-3-15-17(14)16-9-11(13)12(2)10-7-5-4-6-8-10/h4-8H,3,9H2,1-2H3. The van der Waals surface area contributed by atoms with E-state index >= 15 is 0 Å². The fraction of sp³-hybridized carbons (Fsp3) is 0.364. The molecule has 1 rings (SSSR count). The van der Waals surface area contributed by atoms with Crippen LogP contribution in [0.5, 0.6) is 0 Å². The molecule has 0 N–H and O–H groups in total. The van der Waals surface area contributed by atoms with Gasteiger partial charge in [-0.3, -0.25) is 13.2 Å². The first-order valence-corrected chi connectivity index (χ1v) is 6.15. The predicted octanol–water partition coefficient (Wildman–Crippen LogP) is 1.28. The summed E-state index contributed by atoms with van der Waals surface area (Å²) in [5, 5.41) is 0. The summed E-state index contributed by atoms with van der Waals surface area (Å²) in [7, 11) is 1.63.